The van der Waals surface area contributed by atoms with Crippen LogP contribution in [0.3, 0.4) is 0 Å². The smallest absolute Gasteiger partial charge is 0.161 e. The van der Waals surface area contributed by atoms with Crippen LogP contribution in [0.2, 0.25) is 0 Å². The summed E-state index contributed by atoms with van der Waals surface area (Å²) in [6, 6.07) is 5.21. The second-order valence-corrected chi connectivity index (χ2v) is 4.55. The van der Waals surface area contributed by atoms with E-state index in [0.29, 0.717) is 17.8 Å². The van der Waals surface area contributed by atoms with Crippen LogP contribution in [0.4, 0.5) is 11.4 Å². The van der Waals surface area contributed by atoms with E-state index in [1.165, 1.54) is 6.92 Å². The van der Waals surface area contributed by atoms with Gasteiger partial charge in [-0.05, 0) is 31.0 Å². The van der Waals surface area contributed by atoms with Crippen LogP contribution in [0.5, 0.6) is 0 Å². The molecule has 4 N–H and O–H groups in total. The van der Waals surface area contributed by atoms with Crippen molar-refractivity contribution in [2.75, 3.05) is 17.6 Å². The third-order valence-electron chi connectivity index (χ3n) is 2.72. The van der Waals surface area contributed by atoms with Gasteiger partial charge in [0.05, 0.1) is 6.10 Å². The van der Waals surface area contributed by atoms with Gasteiger partial charge in [-0.3, -0.25) is 4.79 Å². The highest BCUT2D eigenvalue weighted by Crippen LogP contribution is 2.18. The minimum Gasteiger partial charge on any atom is -0.398 e. The van der Waals surface area contributed by atoms with Crippen LogP contribution in [-0.2, 0) is 0 Å². The fourth-order valence-electron chi connectivity index (χ4n) is 1.43. The lowest BCUT2D eigenvalue weighted by Gasteiger charge is -2.16. The molecule has 0 spiro atoms. The number of nitrogens with one attached hydrogen (secondary N) is 1. The summed E-state index contributed by atoms with van der Waals surface area (Å²) < 4.78 is 0. The Hall–Kier alpha value is -1.55. The van der Waals surface area contributed by atoms with Gasteiger partial charge in [0, 0.05) is 23.5 Å². The zero-order valence-electron chi connectivity index (χ0n) is 10.5. The van der Waals surface area contributed by atoms with Crippen LogP contribution in [0.1, 0.15) is 31.1 Å². The SMILES string of the molecule is CC(=O)c1cc(NCC(O)C(C)C)ccc1N. The second-order valence-electron chi connectivity index (χ2n) is 4.55. The van der Waals surface area contributed by atoms with Crippen molar-refractivity contribution in [3.8, 4) is 0 Å². The summed E-state index contributed by atoms with van der Waals surface area (Å²) in [7, 11) is 0. The van der Waals surface area contributed by atoms with Gasteiger partial charge in [0.2, 0.25) is 0 Å². The summed E-state index contributed by atoms with van der Waals surface area (Å²) in [6.07, 6.45) is -0.409. The van der Waals surface area contributed by atoms with Gasteiger partial charge in [0.1, 0.15) is 0 Å². The third-order valence-corrected chi connectivity index (χ3v) is 2.72. The van der Waals surface area contributed by atoms with Gasteiger partial charge in [-0.25, -0.2) is 0 Å². The first kappa shape index (κ1) is 13.5. The number of benzene rings is 1. The van der Waals surface area contributed by atoms with Crippen molar-refractivity contribution < 1.29 is 9.90 Å². The van der Waals surface area contributed by atoms with Gasteiger partial charge >= 0.3 is 0 Å². The largest absolute Gasteiger partial charge is 0.398 e. The topological polar surface area (TPSA) is 75.3 Å². The molecule has 0 fully saturated rings. The van der Waals surface area contributed by atoms with Crippen LogP contribution < -0.4 is 11.1 Å². The van der Waals surface area contributed by atoms with Crippen molar-refractivity contribution in [2.45, 2.75) is 26.9 Å². The van der Waals surface area contributed by atoms with Gasteiger partial charge in [-0.2, -0.15) is 0 Å². The Morgan fingerprint density at radius 2 is 2.12 bits per heavy atom. The van der Waals surface area contributed by atoms with Crippen molar-refractivity contribution in [2.24, 2.45) is 5.92 Å². The number of Topliss-reactive ketones (excluding diaryl/α,β-unsaturated/α-hetero) is 1. The summed E-state index contributed by atoms with van der Waals surface area (Å²) >= 11 is 0. The van der Waals surface area contributed by atoms with Gasteiger partial charge < -0.3 is 16.2 Å². The zero-order valence-corrected chi connectivity index (χ0v) is 10.5. The lowest BCUT2D eigenvalue weighted by molar-refractivity contribution is 0.101. The highest BCUT2D eigenvalue weighted by Gasteiger charge is 2.10. The van der Waals surface area contributed by atoms with E-state index in [1.54, 1.807) is 18.2 Å². The highest BCUT2D eigenvalue weighted by molar-refractivity contribution is 5.99. The van der Waals surface area contributed by atoms with E-state index in [9.17, 15) is 9.90 Å². The van der Waals surface area contributed by atoms with Gasteiger partial charge in [-0.15, -0.1) is 0 Å². The molecule has 0 aliphatic rings. The van der Waals surface area contributed by atoms with Crippen LogP contribution in [0.15, 0.2) is 18.2 Å². The first-order valence-corrected chi connectivity index (χ1v) is 5.74. The molecule has 0 amide bonds. The van der Waals surface area contributed by atoms with E-state index >= 15 is 0 Å². The maximum absolute atomic E-state index is 11.3. The van der Waals surface area contributed by atoms with E-state index < -0.39 is 6.10 Å². The average Bonchev–Trinajstić information content (AvgIpc) is 2.26. The molecular weight excluding hydrogens is 216 g/mol. The number of hydrogen-bond donors (Lipinski definition) is 3. The van der Waals surface area contributed by atoms with E-state index in [4.69, 9.17) is 5.73 Å². The van der Waals surface area contributed by atoms with Gasteiger partial charge in [-0.1, -0.05) is 13.8 Å². The summed E-state index contributed by atoms with van der Waals surface area (Å²) in [4.78, 5) is 11.3. The lowest BCUT2D eigenvalue weighted by Crippen LogP contribution is -2.24. The number of anilines is 2. The summed E-state index contributed by atoms with van der Waals surface area (Å²) in [5.74, 6) is 0.138. The standard InChI is InChI=1S/C13H20N2O2/c1-8(2)13(17)7-15-10-4-5-12(14)11(6-10)9(3)16/h4-6,8,13,15,17H,7,14H2,1-3H3. The first-order chi connectivity index (χ1) is 7.91. The Morgan fingerprint density at radius 1 is 1.47 bits per heavy atom. The fraction of sp³-hybridized carbons (Fsp3) is 0.462. The molecule has 1 aromatic carbocycles. The molecule has 1 unspecified atom stereocenters. The molecule has 4 heteroatoms. The van der Waals surface area contributed by atoms with Crippen molar-refractivity contribution >= 4 is 17.2 Å². The minimum absolute atomic E-state index is 0.0597. The molecule has 17 heavy (non-hydrogen) atoms. The number of carbonyl (C=O) groups excluding carboxylic acids is 1. The zero-order chi connectivity index (χ0) is 13.0. The second kappa shape index (κ2) is 5.68. The van der Waals surface area contributed by atoms with Crippen molar-refractivity contribution in [3.63, 3.8) is 0 Å². The Bertz CT molecular complexity index is 402. The summed E-state index contributed by atoms with van der Waals surface area (Å²) in [5.41, 5.74) is 7.48. The van der Waals surface area contributed by atoms with Crippen LogP contribution in [-0.4, -0.2) is 23.5 Å². The summed E-state index contributed by atoms with van der Waals surface area (Å²) in [5, 5.41) is 12.8. The van der Waals surface area contributed by atoms with Crippen LogP contribution in [0, 0.1) is 5.92 Å². The molecule has 0 aromatic heterocycles. The molecule has 0 saturated heterocycles. The number of carbonyl (C=O) groups is 1. The average molecular weight is 236 g/mol. The quantitative estimate of drug-likeness (QED) is 0.539. The maximum atomic E-state index is 11.3. The Balaban J connectivity index is 2.73. The molecule has 4 nitrogen and oxygen atoms in total. The van der Waals surface area contributed by atoms with Crippen LogP contribution >= 0.6 is 0 Å². The number of hydrogen-bond acceptors (Lipinski definition) is 4. The van der Waals surface area contributed by atoms with E-state index in [2.05, 4.69) is 5.32 Å². The summed E-state index contributed by atoms with van der Waals surface area (Å²) in [6.45, 7) is 5.85. The van der Waals surface area contributed by atoms with Crippen molar-refractivity contribution in [1.29, 1.82) is 0 Å². The number of ketones is 1. The Morgan fingerprint density at radius 3 is 2.65 bits per heavy atom. The molecule has 0 bridgehead atoms. The number of aliphatic hydroxyl groups is 1. The number of aliphatic hydroxyl groups excluding tert-OH is 1. The molecule has 94 valence electrons. The van der Waals surface area contributed by atoms with Crippen molar-refractivity contribution in [3.05, 3.63) is 23.8 Å². The highest BCUT2D eigenvalue weighted by atomic mass is 16.3. The molecule has 0 aliphatic carbocycles. The normalized spacial score (nSPS) is 12.5. The number of rotatable bonds is 5. The molecule has 1 atom stereocenters. The van der Waals surface area contributed by atoms with Gasteiger partial charge in [0.15, 0.2) is 5.78 Å². The minimum atomic E-state index is -0.409. The van der Waals surface area contributed by atoms with E-state index in [-0.39, 0.29) is 11.7 Å². The van der Waals surface area contributed by atoms with Crippen LogP contribution in [0.25, 0.3) is 0 Å². The molecule has 1 rings (SSSR count). The molecule has 0 saturated carbocycles. The van der Waals surface area contributed by atoms with E-state index in [0.717, 1.165) is 5.69 Å². The predicted octanol–water partition coefficient (Wildman–Crippen LogP) is 1.90. The Labute approximate surface area is 102 Å². The molecular formula is C13H20N2O2. The maximum Gasteiger partial charge on any atom is 0.161 e. The fourth-order valence-corrected chi connectivity index (χ4v) is 1.43. The van der Waals surface area contributed by atoms with E-state index in [1.807, 2.05) is 13.8 Å². The number of nitrogens with two attached hydrogens (primary N) is 1. The molecule has 0 aliphatic heterocycles. The number of nitrogen functional groups attached to an aromatic ring is 1. The molecule has 0 heterocycles. The Kier molecular flexibility index (Phi) is 4.52. The first-order valence-electron chi connectivity index (χ1n) is 5.74. The molecule has 0 radical (unpaired) electrons. The van der Waals surface area contributed by atoms with Crippen molar-refractivity contribution in [1.82, 2.24) is 0 Å². The lowest BCUT2D eigenvalue weighted by atomic mass is 10.1. The van der Waals surface area contributed by atoms with Gasteiger partial charge in [0.25, 0.3) is 0 Å². The third kappa shape index (κ3) is 3.75. The monoisotopic (exact) mass is 236 g/mol. The molecule has 1 aromatic rings. The predicted molar refractivity (Wildman–Crippen MR) is 70.2 cm³/mol.